The number of likely N-dealkylation sites (tertiary alicyclic amines) is 1. The van der Waals surface area contributed by atoms with Gasteiger partial charge >= 0.3 is 6.03 Å². The summed E-state index contributed by atoms with van der Waals surface area (Å²) < 4.78 is 0. The number of nitrogens with one attached hydrogen (secondary N) is 1. The molecule has 1 N–H and O–H groups in total. The first-order valence-electron chi connectivity index (χ1n) is 9.84. The summed E-state index contributed by atoms with van der Waals surface area (Å²) in [5.41, 5.74) is 2.43. The Balaban J connectivity index is 1.76. The average molecular weight is 366 g/mol. The van der Waals surface area contributed by atoms with Crippen molar-refractivity contribution < 1.29 is 4.79 Å². The van der Waals surface area contributed by atoms with Crippen LogP contribution in [0.15, 0.2) is 49.1 Å². The maximum Gasteiger partial charge on any atom is 0.317 e. The fourth-order valence-corrected chi connectivity index (χ4v) is 4.01. The molecule has 1 saturated heterocycles. The summed E-state index contributed by atoms with van der Waals surface area (Å²) in [7, 11) is 4.06. The molecule has 1 heterocycles. The number of benzene rings is 2. The monoisotopic (exact) mass is 365 g/mol. The van der Waals surface area contributed by atoms with Gasteiger partial charge in [0.1, 0.15) is 0 Å². The molecule has 0 bridgehead atoms. The van der Waals surface area contributed by atoms with Gasteiger partial charge in [-0.3, -0.25) is 0 Å². The normalized spacial score (nSPS) is 16.9. The zero-order chi connectivity index (χ0) is 19.4. The van der Waals surface area contributed by atoms with E-state index in [2.05, 4.69) is 67.2 Å². The number of amides is 2. The van der Waals surface area contributed by atoms with Crippen LogP contribution in [-0.2, 0) is 6.42 Å². The Morgan fingerprint density at radius 3 is 2.59 bits per heavy atom. The predicted octanol–water partition coefficient (Wildman–Crippen LogP) is 4.36. The van der Waals surface area contributed by atoms with E-state index in [0.29, 0.717) is 6.04 Å². The Kier molecular flexibility index (Phi) is 6.17. The summed E-state index contributed by atoms with van der Waals surface area (Å²) in [5, 5.41) is 5.64. The van der Waals surface area contributed by atoms with Crippen molar-refractivity contribution in [2.45, 2.75) is 38.3 Å². The minimum atomic E-state index is -0.0473. The number of rotatable bonds is 5. The Bertz CT molecular complexity index is 808. The van der Waals surface area contributed by atoms with Gasteiger partial charge in [0.25, 0.3) is 0 Å². The van der Waals surface area contributed by atoms with Crippen molar-refractivity contribution in [3.63, 3.8) is 0 Å². The van der Waals surface area contributed by atoms with Crippen molar-refractivity contribution in [3.8, 4) is 0 Å². The molecule has 0 radical (unpaired) electrons. The van der Waals surface area contributed by atoms with Gasteiger partial charge in [-0.25, -0.2) is 4.79 Å². The highest BCUT2D eigenvalue weighted by atomic mass is 16.2. The number of urea groups is 1. The summed E-state index contributed by atoms with van der Waals surface area (Å²) >= 11 is 0. The van der Waals surface area contributed by atoms with Crippen LogP contribution < -0.4 is 5.32 Å². The highest BCUT2D eigenvalue weighted by molar-refractivity contribution is 5.89. The number of hydrogen-bond donors (Lipinski definition) is 1. The number of piperidine rings is 1. The molecule has 0 spiro atoms. The van der Waals surface area contributed by atoms with Gasteiger partial charge in [0.2, 0.25) is 0 Å². The van der Waals surface area contributed by atoms with Crippen LogP contribution in [0.25, 0.3) is 10.8 Å². The lowest BCUT2D eigenvalue weighted by molar-refractivity contribution is 0.146. The van der Waals surface area contributed by atoms with Crippen molar-refractivity contribution in [3.05, 3.63) is 60.2 Å². The lowest BCUT2D eigenvalue weighted by atomic mass is 9.94. The zero-order valence-electron chi connectivity index (χ0n) is 16.7. The van der Waals surface area contributed by atoms with E-state index in [0.717, 1.165) is 37.9 Å². The summed E-state index contributed by atoms with van der Waals surface area (Å²) in [6.45, 7) is 8.03. The van der Waals surface area contributed by atoms with E-state index in [-0.39, 0.29) is 12.1 Å². The standard InChI is InChI=1S/C23H31N3O/c1-5-8-18-11-12-20(22-10-7-6-9-21(18)22)17(2)24-23(27)26(4)19-13-15-25(3)16-14-19/h5-7,9-12,17,19H,1,8,13-16H2,2-4H3,(H,24,27). The molecule has 4 heteroatoms. The molecular formula is C23H31N3O. The molecule has 27 heavy (non-hydrogen) atoms. The second-order valence-corrected chi connectivity index (χ2v) is 7.67. The quantitative estimate of drug-likeness (QED) is 0.799. The van der Waals surface area contributed by atoms with Gasteiger partial charge in [-0.05, 0) is 68.2 Å². The lowest BCUT2D eigenvalue weighted by Gasteiger charge is -2.35. The van der Waals surface area contributed by atoms with Gasteiger partial charge in [-0.1, -0.05) is 42.5 Å². The van der Waals surface area contributed by atoms with E-state index < -0.39 is 0 Å². The number of carbonyl (C=O) groups excluding carboxylic acids is 1. The van der Waals surface area contributed by atoms with E-state index >= 15 is 0 Å². The van der Waals surface area contributed by atoms with E-state index in [1.807, 2.05) is 18.0 Å². The largest absolute Gasteiger partial charge is 0.331 e. The molecule has 1 aliphatic heterocycles. The maximum atomic E-state index is 12.8. The van der Waals surface area contributed by atoms with Gasteiger partial charge in [0, 0.05) is 13.1 Å². The molecule has 4 nitrogen and oxygen atoms in total. The van der Waals surface area contributed by atoms with Gasteiger partial charge in [-0.2, -0.15) is 0 Å². The Labute approximate surface area is 162 Å². The average Bonchev–Trinajstić information content (AvgIpc) is 2.68. The molecule has 1 fully saturated rings. The Morgan fingerprint density at radius 1 is 1.26 bits per heavy atom. The van der Waals surface area contributed by atoms with Crippen LogP contribution in [-0.4, -0.2) is 49.1 Å². The van der Waals surface area contributed by atoms with Crippen molar-refractivity contribution in [2.24, 2.45) is 0 Å². The van der Waals surface area contributed by atoms with Crippen molar-refractivity contribution in [1.29, 1.82) is 0 Å². The minimum absolute atomic E-state index is 0.0105. The van der Waals surface area contributed by atoms with E-state index in [1.165, 1.54) is 16.3 Å². The first kappa shape index (κ1) is 19.4. The number of carbonyl (C=O) groups is 1. The summed E-state index contributed by atoms with van der Waals surface area (Å²) in [4.78, 5) is 17.0. The molecule has 1 unspecified atom stereocenters. The van der Waals surface area contributed by atoms with Crippen LogP contribution in [0.1, 0.15) is 36.9 Å². The van der Waals surface area contributed by atoms with Crippen molar-refractivity contribution in [2.75, 3.05) is 27.2 Å². The fraction of sp³-hybridized carbons (Fsp3) is 0.435. The molecule has 1 atom stereocenters. The molecule has 2 aromatic rings. The van der Waals surface area contributed by atoms with Crippen molar-refractivity contribution >= 4 is 16.8 Å². The van der Waals surface area contributed by atoms with E-state index in [1.54, 1.807) is 0 Å². The highest BCUT2D eigenvalue weighted by Gasteiger charge is 2.25. The second kappa shape index (κ2) is 8.57. The third kappa shape index (κ3) is 4.33. The Morgan fingerprint density at radius 2 is 1.93 bits per heavy atom. The first-order valence-corrected chi connectivity index (χ1v) is 9.84. The number of hydrogen-bond acceptors (Lipinski definition) is 2. The molecule has 3 rings (SSSR count). The molecule has 0 saturated carbocycles. The molecule has 0 aromatic heterocycles. The highest BCUT2D eigenvalue weighted by Crippen LogP contribution is 2.28. The maximum absolute atomic E-state index is 12.8. The van der Waals surface area contributed by atoms with Crippen LogP contribution in [0.5, 0.6) is 0 Å². The minimum Gasteiger partial charge on any atom is -0.331 e. The topological polar surface area (TPSA) is 35.6 Å². The fourth-order valence-electron chi connectivity index (χ4n) is 4.01. The molecule has 2 amide bonds. The molecule has 1 aliphatic rings. The lowest BCUT2D eigenvalue weighted by Crippen LogP contribution is -2.48. The van der Waals surface area contributed by atoms with Gasteiger partial charge in [0.05, 0.1) is 6.04 Å². The summed E-state index contributed by atoms with van der Waals surface area (Å²) in [6.07, 6.45) is 4.85. The number of nitrogens with zero attached hydrogens (tertiary/aromatic N) is 2. The first-order chi connectivity index (χ1) is 13.0. The van der Waals surface area contributed by atoms with E-state index in [9.17, 15) is 4.79 Å². The van der Waals surface area contributed by atoms with Crippen LogP contribution in [0.3, 0.4) is 0 Å². The van der Waals surface area contributed by atoms with Crippen molar-refractivity contribution in [1.82, 2.24) is 15.1 Å². The predicted molar refractivity (Wildman–Crippen MR) is 113 cm³/mol. The third-order valence-electron chi connectivity index (χ3n) is 5.77. The van der Waals surface area contributed by atoms with Crippen LogP contribution in [0.2, 0.25) is 0 Å². The van der Waals surface area contributed by atoms with Gasteiger partial charge in [0.15, 0.2) is 0 Å². The molecule has 0 aliphatic carbocycles. The molecule has 2 aromatic carbocycles. The summed E-state index contributed by atoms with van der Waals surface area (Å²) in [5.74, 6) is 0. The number of allylic oxidation sites excluding steroid dienone is 1. The zero-order valence-corrected chi connectivity index (χ0v) is 16.7. The smallest absolute Gasteiger partial charge is 0.317 e. The Hall–Kier alpha value is -2.33. The second-order valence-electron chi connectivity index (χ2n) is 7.67. The molecular weight excluding hydrogens is 334 g/mol. The van der Waals surface area contributed by atoms with Gasteiger partial charge < -0.3 is 15.1 Å². The van der Waals surface area contributed by atoms with Gasteiger partial charge in [-0.15, -0.1) is 6.58 Å². The molecule has 144 valence electrons. The van der Waals surface area contributed by atoms with E-state index in [4.69, 9.17) is 0 Å². The third-order valence-corrected chi connectivity index (χ3v) is 5.77. The van der Waals surface area contributed by atoms with Crippen LogP contribution in [0, 0.1) is 0 Å². The van der Waals surface area contributed by atoms with Crippen LogP contribution >= 0.6 is 0 Å². The SMILES string of the molecule is C=CCc1ccc(C(C)NC(=O)N(C)C2CCN(C)CC2)c2ccccc12. The number of fused-ring (bicyclic) bond motifs is 1. The van der Waals surface area contributed by atoms with Crippen LogP contribution in [0.4, 0.5) is 4.79 Å². The summed E-state index contributed by atoms with van der Waals surface area (Å²) in [6, 6.07) is 13.0.